The fourth-order valence-electron chi connectivity index (χ4n) is 6.26. The van der Waals surface area contributed by atoms with Crippen molar-refractivity contribution >= 4 is 40.2 Å². The lowest BCUT2D eigenvalue weighted by atomic mass is 9.71. The molecule has 0 atom stereocenters. The van der Waals surface area contributed by atoms with Gasteiger partial charge in [0.2, 0.25) is 0 Å². The van der Waals surface area contributed by atoms with Crippen LogP contribution in [0.15, 0.2) is 71.6 Å². The maximum atomic E-state index is 9.24. The van der Waals surface area contributed by atoms with Gasteiger partial charge in [0.05, 0.1) is 11.7 Å². The molecule has 39 heavy (non-hydrogen) atoms. The Morgan fingerprint density at radius 1 is 0.821 bits per heavy atom. The molecule has 0 saturated carbocycles. The summed E-state index contributed by atoms with van der Waals surface area (Å²) >= 11 is 2.95. The van der Waals surface area contributed by atoms with Crippen molar-refractivity contribution in [2.45, 2.75) is 44.9 Å². The maximum Gasteiger partial charge on any atom is 0.130 e. The Balaban J connectivity index is 1.53. The molecule has 190 valence electrons. The summed E-state index contributed by atoms with van der Waals surface area (Å²) in [5.41, 5.74) is 11.2. The Hall–Kier alpha value is -4.10. The second kappa shape index (κ2) is 10.2. The number of fused-ring (bicyclic) bond motifs is 4. The van der Waals surface area contributed by atoms with Crippen molar-refractivity contribution in [3.8, 4) is 44.8 Å². The summed E-state index contributed by atoms with van der Waals surface area (Å²) in [5.74, 6) is 0. The van der Waals surface area contributed by atoms with Gasteiger partial charge < -0.3 is 0 Å². The zero-order chi connectivity index (χ0) is 27.0. The van der Waals surface area contributed by atoms with Gasteiger partial charge in [0, 0.05) is 21.4 Å². The molecule has 4 nitrogen and oxygen atoms in total. The van der Waals surface area contributed by atoms with E-state index >= 15 is 0 Å². The summed E-state index contributed by atoms with van der Waals surface area (Å²) in [5, 5.41) is 20.6. The molecular weight excluding hydrogens is 517 g/mol. The number of aromatic nitrogens is 2. The van der Waals surface area contributed by atoms with Gasteiger partial charge in [0.15, 0.2) is 0 Å². The van der Waals surface area contributed by atoms with Crippen LogP contribution in [0.4, 0.5) is 0 Å². The van der Waals surface area contributed by atoms with Gasteiger partial charge in [0.25, 0.3) is 0 Å². The second-order valence-electron chi connectivity index (χ2n) is 10.0. The number of benzene rings is 3. The van der Waals surface area contributed by atoms with E-state index in [2.05, 4.69) is 76.5 Å². The summed E-state index contributed by atoms with van der Waals surface area (Å²) in [7, 11) is 0. The van der Waals surface area contributed by atoms with E-state index in [-0.39, 0.29) is 11.0 Å². The molecular formula is C33H26N4S2. The molecule has 6 heteroatoms. The molecule has 0 spiro atoms. The molecule has 0 unspecified atom stereocenters. The van der Waals surface area contributed by atoms with Crippen molar-refractivity contribution in [3.63, 3.8) is 0 Å². The van der Waals surface area contributed by atoms with Crippen LogP contribution in [0.25, 0.3) is 49.8 Å². The summed E-state index contributed by atoms with van der Waals surface area (Å²) < 4.78 is 9.15. The van der Waals surface area contributed by atoms with E-state index in [4.69, 9.17) is 0 Å². The van der Waals surface area contributed by atoms with E-state index in [0.29, 0.717) is 0 Å². The number of hydrogen-bond acceptors (Lipinski definition) is 6. The number of nitriles is 2. The number of rotatable bonds is 7. The van der Waals surface area contributed by atoms with E-state index in [1.807, 2.05) is 24.3 Å². The minimum Gasteiger partial charge on any atom is -0.192 e. The van der Waals surface area contributed by atoms with Gasteiger partial charge in [0.1, 0.15) is 28.7 Å². The average molecular weight is 543 g/mol. The number of hydrogen-bond donors (Lipinski definition) is 0. The molecule has 0 radical (unpaired) electrons. The first kappa shape index (κ1) is 25.2. The maximum absolute atomic E-state index is 9.24. The summed E-state index contributed by atoms with van der Waals surface area (Å²) in [6.45, 7) is 4.57. The van der Waals surface area contributed by atoms with Crippen LogP contribution in [0, 0.1) is 22.7 Å². The Kier molecular flexibility index (Phi) is 6.61. The largest absolute Gasteiger partial charge is 0.192 e. The highest BCUT2D eigenvalue weighted by molar-refractivity contribution is 7.13. The Morgan fingerprint density at radius 3 is 2.10 bits per heavy atom. The second-order valence-corrected chi connectivity index (χ2v) is 11.5. The lowest BCUT2D eigenvalue weighted by molar-refractivity contribution is 0.436. The minimum atomic E-state index is -0.0337. The zero-order valence-electron chi connectivity index (χ0n) is 21.9. The molecule has 2 aromatic heterocycles. The fraction of sp³-hybridized carbons (Fsp3) is 0.212. The number of allylic oxidation sites excluding steroid dienone is 1. The Labute approximate surface area is 236 Å². The van der Waals surface area contributed by atoms with E-state index in [0.717, 1.165) is 65.1 Å². The van der Waals surface area contributed by atoms with Gasteiger partial charge in [-0.25, -0.2) is 0 Å². The summed E-state index contributed by atoms with van der Waals surface area (Å²) in [4.78, 5) is 1.31. The lowest BCUT2D eigenvalue weighted by Gasteiger charge is -2.32. The van der Waals surface area contributed by atoms with Crippen LogP contribution in [0.1, 0.15) is 56.2 Å². The van der Waals surface area contributed by atoms with Crippen LogP contribution >= 0.6 is 23.1 Å². The molecule has 2 heterocycles. The highest BCUT2D eigenvalue weighted by Crippen LogP contribution is 2.55. The Morgan fingerprint density at radius 2 is 1.46 bits per heavy atom. The molecule has 1 aliphatic carbocycles. The van der Waals surface area contributed by atoms with Crippen LogP contribution in [0.5, 0.6) is 0 Å². The molecule has 3 aromatic carbocycles. The highest BCUT2D eigenvalue weighted by atomic mass is 32.1. The van der Waals surface area contributed by atoms with Crippen molar-refractivity contribution in [3.05, 3.63) is 88.3 Å². The third-order valence-corrected chi connectivity index (χ3v) is 9.27. The normalized spacial score (nSPS) is 12.9. The first-order valence-electron chi connectivity index (χ1n) is 13.2. The summed E-state index contributed by atoms with van der Waals surface area (Å²) in [6, 6.07) is 26.1. The van der Waals surface area contributed by atoms with Crippen LogP contribution in [0.3, 0.4) is 0 Å². The van der Waals surface area contributed by atoms with Crippen LogP contribution in [0.2, 0.25) is 0 Å². The SMILES string of the molecule is CCCC1(CCC)c2cc(-c3cccs3)ccc2-c2ccc(-c3ccc(C=C(C#N)C#N)c4nsnc34)cc21. The third-order valence-electron chi connectivity index (χ3n) is 7.82. The van der Waals surface area contributed by atoms with Gasteiger partial charge in [-0.3, -0.25) is 0 Å². The van der Waals surface area contributed by atoms with Gasteiger partial charge >= 0.3 is 0 Å². The zero-order valence-corrected chi connectivity index (χ0v) is 23.5. The standard InChI is InChI=1S/C33H26N4S2/c1-3-13-33(14-4-2)28-17-22(25-10-9-24(16-21(19-34)20-35)31-32(25)37-39-36-31)7-11-26(28)27-12-8-23(18-29(27)33)30-6-5-15-38-30/h5-12,15-18H,3-4,13-14H2,1-2H3. The quantitative estimate of drug-likeness (QED) is 0.192. The molecule has 0 saturated heterocycles. The highest BCUT2D eigenvalue weighted by Gasteiger charge is 2.42. The topological polar surface area (TPSA) is 73.4 Å². The molecule has 1 aliphatic rings. The van der Waals surface area contributed by atoms with Crippen molar-refractivity contribution in [2.24, 2.45) is 0 Å². The number of thiophene rings is 1. The molecule has 0 aliphatic heterocycles. The molecule has 0 bridgehead atoms. The minimum absolute atomic E-state index is 0.0337. The van der Waals surface area contributed by atoms with Gasteiger partial charge in [-0.05, 0) is 75.9 Å². The van der Waals surface area contributed by atoms with Crippen LogP contribution in [-0.2, 0) is 5.41 Å². The van der Waals surface area contributed by atoms with Gasteiger partial charge in [-0.15, -0.1) is 11.3 Å². The summed E-state index contributed by atoms with van der Waals surface area (Å²) in [6.07, 6.45) is 5.99. The van der Waals surface area contributed by atoms with Gasteiger partial charge in [-0.1, -0.05) is 69.2 Å². The molecule has 0 N–H and O–H groups in total. The predicted molar refractivity (Wildman–Crippen MR) is 161 cm³/mol. The van der Waals surface area contributed by atoms with Crippen molar-refractivity contribution in [1.29, 1.82) is 10.5 Å². The van der Waals surface area contributed by atoms with E-state index < -0.39 is 0 Å². The third kappa shape index (κ3) is 4.08. The molecule has 5 aromatic rings. The molecule has 0 amide bonds. The predicted octanol–water partition coefficient (Wildman–Crippen LogP) is 9.38. The van der Waals surface area contributed by atoms with Crippen LogP contribution < -0.4 is 0 Å². The van der Waals surface area contributed by atoms with Crippen molar-refractivity contribution < 1.29 is 0 Å². The molecule has 6 rings (SSSR count). The van der Waals surface area contributed by atoms with E-state index in [9.17, 15) is 10.5 Å². The molecule has 0 fully saturated rings. The Bertz CT molecular complexity index is 1790. The van der Waals surface area contributed by atoms with Crippen molar-refractivity contribution in [2.75, 3.05) is 0 Å². The van der Waals surface area contributed by atoms with E-state index in [1.54, 1.807) is 17.4 Å². The number of nitrogens with zero attached hydrogens (tertiary/aromatic N) is 4. The average Bonchev–Trinajstić information content (AvgIpc) is 3.72. The van der Waals surface area contributed by atoms with E-state index in [1.165, 1.54) is 32.7 Å². The first-order chi connectivity index (χ1) is 19.1. The monoisotopic (exact) mass is 542 g/mol. The van der Waals surface area contributed by atoms with Crippen LogP contribution in [-0.4, -0.2) is 8.75 Å². The fourth-order valence-corrected chi connectivity index (χ4v) is 7.56. The van der Waals surface area contributed by atoms with Crippen molar-refractivity contribution in [1.82, 2.24) is 8.75 Å². The lowest BCUT2D eigenvalue weighted by Crippen LogP contribution is -2.25. The first-order valence-corrected chi connectivity index (χ1v) is 14.9. The smallest absolute Gasteiger partial charge is 0.130 e. The van der Waals surface area contributed by atoms with Gasteiger partial charge in [-0.2, -0.15) is 19.3 Å².